The Morgan fingerprint density at radius 2 is 2.25 bits per heavy atom. The molecule has 0 aromatic carbocycles. The molecular formula is C11H15BrN2O2. The summed E-state index contributed by atoms with van der Waals surface area (Å²) in [6.45, 7) is 0.526. The molecule has 0 atom stereocenters. The highest BCUT2D eigenvalue weighted by Crippen LogP contribution is 2.15. The van der Waals surface area contributed by atoms with Gasteiger partial charge in [0.25, 0.3) is 0 Å². The van der Waals surface area contributed by atoms with Gasteiger partial charge < -0.3 is 9.64 Å². The SMILES string of the molecule is CN(C)C(=O)CCCOc1cncc(Br)c1. The number of nitrogens with zero attached hydrogens (tertiary/aromatic N) is 2. The van der Waals surface area contributed by atoms with Crippen molar-refractivity contribution in [1.82, 2.24) is 9.88 Å². The third-order valence-electron chi connectivity index (χ3n) is 1.98. The van der Waals surface area contributed by atoms with Gasteiger partial charge in [-0.05, 0) is 28.4 Å². The van der Waals surface area contributed by atoms with E-state index in [2.05, 4.69) is 20.9 Å². The number of rotatable bonds is 5. The molecule has 0 bridgehead atoms. The van der Waals surface area contributed by atoms with Crippen molar-refractivity contribution >= 4 is 21.8 Å². The topological polar surface area (TPSA) is 42.4 Å². The van der Waals surface area contributed by atoms with Gasteiger partial charge in [-0.1, -0.05) is 0 Å². The van der Waals surface area contributed by atoms with Crippen LogP contribution in [0.2, 0.25) is 0 Å². The number of halogens is 1. The number of aromatic nitrogens is 1. The number of carbonyl (C=O) groups is 1. The second-order valence-electron chi connectivity index (χ2n) is 3.58. The number of pyridine rings is 1. The molecule has 0 N–H and O–H groups in total. The monoisotopic (exact) mass is 286 g/mol. The van der Waals surface area contributed by atoms with E-state index >= 15 is 0 Å². The molecule has 0 fully saturated rings. The lowest BCUT2D eigenvalue weighted by atomic mass is 10.3. The minimum atomic E-state index is 0.121. The van der Waals surface area contributed by atoms with Crippen LogP contribution >= 0.6 is 15.9 Å². The first kappa shape index (κ1) is 13.0. The third kappa shape index (κ3) is 4.61. The Morgan fingerprint density at radius 1 is 1.50 bits per heavy atom. The Balaban J connectivity index is 2.23. The molecule has 0 aliphatic heterocycles. The fourth-order valence-electron chi connectivity index (χ4n) is 1.11. The third-order valence-corrected chi connectivity index (χ3v) is 2.42. The summed E-state index contributed by atoms with van der Waals surface area (Å²) >= 11 is 3.31. The van der Waals surface area contributed by atoms with E-state index < -0.39 is 0 Å². The first-order valence-corrected chi connectivity index (χ1v) is 5.82. The molecule has 0 saturated heterocycles. The molecule has 1 aromatic heterocycles. The van der Waals surface area contributed by atoms with E-state index in [1.807, 2.05) is 6.07 Å². The molecule has 0 saturated carbocycles. The van der Waals surface area contributed by atoms with Crippen LogP contribution in [0.15, 0.2) is 22.9 Å². The average Bonchev–Trinajstić information content (AvgIpc) is 2.24. The van der Waals surface area contributed by atoms with Crippen LogP contribution in [0.4, 0.5) is 0 Å². The Hall–Kier alpha value is -1.10. The summed E-state index contributed by atoms with van der Waals surface area (Å²) in [7, 11) is 3.50. The predicted octanol–water partition coefficient (Wildman–Crippen LogP) is 2.09. The van der Waals surface area contributed by atoms with Crippen molar-refractivity contribution in [3.05, 3.63) is 22.9 Å². The molecule has 16 heavy (non-hydrogen) atoms. The minimum absolute atomic E-state index is 0.121. The molecule has 1 heterocycles. The number of hydrogen-bond donors (Lipinski definition) is 0. The molecule has 1 amide bonds. The second kappa shape index (κ2) is 6.48. The zero-order valence-corrected chi connectivity index (χ0v) is 11.0. The van der Waals surface area contributed by atoms with Crippen molar-refractivity contribution < 1.29 is 9.53 Å². The molecule has 0 radical (unpaired) electrons. The molecule has 0 unspecified atom stereocenters. The van der Waals surface area contributed by atoms with Crippen LogP contribution < -0.4 is 4.74 Å². The van der Waals surface area contributed by atoms with Crippen LogP contribution in [0.5, 0.6) is 5.75 Å². The van der Waals surface area contributed by atoms with Crippen molar-refractivity contribution in [3.63, 3.8) is 0 Å². The van der Waals surface area contributed by atoms with Gasteiger partial charge in [0.15, 0.2) is 0 Å². The number of amides is 1. The van der Waals surface area contributed by atoms with Gasteiger partial charge in [0.05, 0.1) is 12.8 Å². The van der Waals surface area contributed by atoms with Crippen LogP contribution in [-0.2, 0) is 4.79 Å². The Bertz CT molecular complexity index is 356. The molecule has 0 aliphatic carbocycles. The van der Waals surface area contributed by atoms with Crippen molar-refractivity contribution in [2.24, 2.45) is 0 Å². The van der Waals surface area contributed by atoms with Crippen molar-refractivity contribution in [2.75, 3.05) is 20.7 Å². The lowest BCUT2D eigenvalue weighted by Crippen LogP contribution is -2.21. The Labute approximate surface area is 104 Å². The quantitative estimate of drug-likeness (QED) is 0.779. The summed E-state index contributed by atoms with van der Waals surface area (Å²) in [5, 5.41) is 0. The van der Waals surface area contributed by atoms with E-state index in [4.69, 9.17) is 4.74 Å². The highest BCUT2D eigenvalue weighted by atomic mass is 79.9. The van der Waals surface area contributed by atoms with Gasteiger partial charge in [-0.2, -0.15) is 0 Å². The number of hydrogen-bond acceptors (Lipinski definition) is 3. The second-order valence-corrected chi connectivity index (χ2v) is 4.49. The van der Waals surface area contributed by atoms with E-state index in [1.165, 1.54) is 0 Å². The van der Waals surface area contributed by atoms with Crippen LogP contribution in [0.25, 0.3) is 0 Å². The van der Waals surface area contributed by atoms with Crippen molar-refractivity contribution in [3.8, 4) is 5.75 Å². The molecule has 0 aliphatic rings. The maximum absolute atomic E-state index is 11.3. The molecular weight excluding hydrogens is 272 g/mol. The lowest BCUT2D eigenvalue weighted by Gasteiger charge is -2.10. The van der Waals surface area contributed by atoms with Gasteiger partial charge in [0.2, 0.25) is 5.91 Å². The highest BCUT2D eigenvalue weighted by Gasteiger charge is 2.03. The maximum atomic E-state index is 11.3. The van der Waals surface area contributed by atoms with Crippen LogP contribution in [0.3, 0.4) is 0 Å². The van der Waals surface area contributed by atoms with E-state index in [0.29, 0.717) is 25.2 Å². The van der Waals surface area contributed by atoms with E-state index in [0.717, 1.165) is 4.47 Å². The van der Waals surface area contributed by atoms with Gasteiger partial charge in [-0.3, -0.25) is 9.78 Å². The molecule has 5 heteroatoms. The summed E-state index contributed by atoms with van der Waals surface area (Å²) < 4.78 is 6.34. The molecule has 88 valence electrons. The van der Waals surface area contributed by atoms with Gasteiger partial charge in [0.1, 0.15) is 5.75 Å². The van der Waals surface area contributed by atoms with Crippen LogP contribution in [0, 0.1) is 0 Å². The van der Waals surface area contributed by atoms with Gasteiger partial charge in [-0.15, -0.1) is 0 Å². The zero-order valence-electron chi connectivity index (χ0n) is 9.44. The van der Waals surface area contributed by atoms with E-state index in [-0.39, 0.29) is 5.91 Å². The largest absolute Gasteiger partial charge is 0.492 e. The molecule has 1 aromatic rings. The standard InChI is InChI=1S/C11H15BrN2O2/c1-14(2)11(15)4-3-5-16-10-6-9(12)7-13-8-10/h6-8H,3-5H2,1-2H3. The summed E-state index contributed by atoms with van der Waals surface area (Å²) in [4.78, 5) is 16.8. The van der Waals surface area contributed by atoms with Crippen LogP contribution in [-0.4, -0.2) is 36.5 Å². The Kier molecular flexibility index (Phi) is 5.25. The molecule has 0 spiro atoms. The van der Waals surface area contributed by atoms with Crippen molar-refractivity contribution in [1.29, 1.82) is 0 Å². The minimum Gasteiger partial charge on any atom is -0.492 e. The number of ether oxygens (including phenoxy) is 1. The Morgan fingerprint density at radius 3 is 2.88 bits per heavy atom. The molecule has 4 nitrogen and oxygen atoms in total. The summed E-state index contributed by atoms with van der Waals surface area (Å²) in [5.41, 5.74) is 0. The first-order valence-electron chi connectivity index (χ1n) is 5.03. The normalized spacial score (nSPS) is 9.94. The van der Waals surface area contributed by atoms with Gasteiger partial charge in [-0.25, -0.2) is 0 Å². The van der Waals surface area contributed by atoms with E-state index in [1.54, 1.807) is 31.4 Å². The van der Waals surface area contributed by atoms with Crippen LogP contribution in [0.1, 0.15) is 12.8 Å². The lowest BCUT2D eigenvalue weighted by molar-refractivity contribution is -0.128. The summed E-state index contributed by atoms with van der Waals surface area (Å²) in [5.74, 6) is 0.836. The van der Waals surface area contributed by atoms with Gasteiger partial charge in [0, 0.05) is 31.2 Å². The molecule has 1 rings (SSSR count). The summed E-state index contributed by atoms with van der Waals surface area (Å²) in [6, 6.07) is 1.85. The zero-order chi connectivity index (χ0) is 12.0. The van der Waals surface area contributed by atoms with Gasteiger partial charge >= 0.3 is 0 Å². The summed E-state index contributed by atoms with van der Waals surface area (Å²) in [6.07, 6.45) is 4.57. The maximum Gasteiger partial charge on any atom is 0.222 e. The predicted molar refractivity (Wildman–Crippen MR) is 65.4 cm³/mol. The first-order chi connectivity index (χ1) is 7.59. The highest BCUT2D eigenvalue weighted by molar-refractivity contribution is 9.10. The average molecular weight is 287 g/mol. The number of carbonyl (C=O) groups excluding carboxylic acids is 1. The fourth-order valence-corrected chi connectivity index (χ4v) is 1.45. The fraction of sp³-hybridized carbons (Fsp3) is 0.455. The van der Waals surface area contributed by atoms with Crippen molar-refractivity contribution in [2.45, 2.75) is 12.8 Å². The van der Waals surface area contributed by atoms with E-state index in [9.17, 15) is 4.79 Å². The smallest absolute Gasteiger partial charge is 0.222 e.